The fourth-order valence-corrected chi connectivity index (χ4v) is 3.88. The van der Waals surface area contributed by atoms with Crippen LogP contribution in [0.2, 0.25) is 10.0 Å². The zero-order valence-electron chi connectivity index (χ0n) is 14.9. The summed E-state index contributed by atoms with van der Waals surface area (Å²) in [7, 11) is 0. The fraction of sp³-hybridized carbons (Fsp3) is 0.136. The molecule has 1 aliphatic heterocycles. The molecule has 0 aromatic heterocycles. The van der Waals surface area contributed by atoms with Gasteiger partial charge in [-0.25, -0.2) is 9.38 Å². The Morgan fingerprint density at radius 1 is 0.786 bits per heavy atom. The van der Waals surface area contributed by atoms with Crippen LogP contribution in [0.4, 0.5) is 4.39 Å². The van der Waals surface area contributed by atoms with Crippen molar-refractivity contribution in [2.45, 2.75) is 18.6 Å². The summed E-state index contributed by atoms with van der Waals surface area (Å²) < 4.78 is 13.4. The minimum atomic E-state index is -0.270. The van der Waals surface area contributed by atoms with Gasteiger partial charge in [0.05, 0.1) is 18.6 Å². The van der Waals surface area contributed by atoms with E-state index >= 15 is 0 Å². The molecule has 1 aliphatic rings. The molecule has 0 bridgehead atoms. The highest BCUT2D eigenvalue weighted by molar-refractivity contribution is 6.32. The second kappa shape index (κ2) is 8.21. The van der Waals surface area contributed by atoms with Crippen LogP contribution in [0, 0.1) is 5.82 Å². The van der Waals surface area contributed by atoms with E-state index in [1.54, 1.807) is 6.07 Å². The summed E-state index contributed by atoms with van der Waals surface area (Å²) in [4.78, 5) is 4.59. The molecule has 0 saturated carbocycles. The lowest BCUT2D eigenvalue weighted by Crippen LogP contribution is -2.25. The molecule has 142 valence electrons. The van der Waals surface area contributed by atoms with E-state index in [1.165, 1.54) is 12.1 Å². The van der Waals surface area contributed by atoms with Crippen molar-refractivity contribution in [3.8, 4) is 0 Å². The van der Waals surface area contributed by atoms with Crippen molar-refractivity contribution in [2.24, 2.45) is 4.99 Å². The maximum absolute atomic E-state index is 13.4. The van der Waals surface area contributed by atoms with Crippen molar-refractivity contribution in [2.75, 3.05) is 0 Å². The summed E-state index contributed by atoms with van der Waals surface area (Å²) in [5.74, 6) is 0.354. The van der Waals surface area contributed by atoms with Crippen molar-refractivity contribution < 1.29 is 4.39 Å². The van der Waals surface area contributed by atoms with E-state index in [-0.39, 0.29) is 17.9 Å². The third-order valence-electron chi connectivity index (χ3n) is 4.71. The monoisotopic (exact) mass is 413 g/mol. The molecule has 0 aliphatic carbocycles. The Bertz CT molecular complexity index is 966. The van der Waals surface area contributed by atoms with E-state index in [4.69, 9.17) is 23.2 Å². The Kier molecular flexibility index (Phi) is 5.51. The molecule has 3 nitrogen and oxygen atoms in total. The van der Waals surface area contributed by atoms with Crippen molar-refractivity contribution in [1.82, 2.24) is 10.6 Å². The number of nitrogens with one attached hydrogen (secondary N) is 2. The molecule has 0 spiro atoms. The van der Waals surface area contributed by atoms with E-state index in [9.17, 15) is 4.39 Å². The lowest BCUT2D eigenvalue weighted by atomic mass is 9.95. The van der Waals surface area contributed by atoms with Crippen molar-refractivity contribution in [1.29, 1.82) is 0 Å². The number of guanidine groups is 1. The Morgan fingerprint density at radius 2 is 1.36 bits per heavy atom. The van der Waals surface area contributed by atoms with E-state index in [0.717, 1.165) is 16.7 Å². The van der Waals surface area contributed by atoms with Crippen LogP contribution in [0.25, 0.3) is 0 Å². The van der Waals surface area contributed by atoms with Gasteiger partial charge in [-0.1, -0.05) is 71.7 Å². The predicted molar refractivity (Wildman–Crippen MR) is 112 cm³/mol. The lowest BCUT2D eigenvalue weighted by Gasteiger charge is -2.21. The van der Waals surface area contributed by atoms with Gasteiger partial charge in [-0.05, 0) is 41.0 Å². The van der Waals surface area contributed by atoms with Gasteiger partial charge in [0.2, 0.25) is 0 Å². The molecule has 0 amide bonds. The van der Waals surface area contributed by atoms with Gasteiger partial charge in [0, 0.05) is 10.0 Å². The molecule has 0 radical (unpaired) electrons. The zero-order valence-corrected chi connectivity index (χ0v) is 16.4. The molecular formula is C22H18Cl2FN3. The first kappa shape index (κ1) is 18.8. The first-order valence-electron chi connectivity index (χ1n) is 8.92. The molecule has 1 saturated heterocycles. The summed E-state index contributed by atoms with van der Waals surface area (Å²) >= 11 is 12.9. The molecule has 2 N–H and O–H groups in total. The quantitative estimate of drug-likeness (QED) is 0.578. The number of aliphatic imine (C=N–C) groups is 1. The molecule has 28 heavy (non-hydrogen) atoms. The second-order valence-corrected chi connectivity index (χ2v) is 7.40. The topological polar surface area (TPSA) is 36.4 Å². The van der Waals surface area contributed by atoms with E-state index < -0.39 is 0 Å². The van der Waals surface area contributed by atoms with Crippen LogP contribution in [0.3, 0.4) is 0 Å². The molecule has 3 aromatic carbocycles. The Balaban J connectivity index is 1.66. The highest BCUT2D eigenvalue weighted by atomic mass is 35.5. The largest absolute Gasteiger partial charge is 0.347 e. The highest BCUT2D eigenvalue weighted by Crippen LogP contribution is 2.38. The van der Waals surface area contributed by atoms with Gasteiger partial charge in [-0.3, -0.25) is 0 Å². The molecule has 4 rings (SSSR count). The third kappa shape index (κ3) is 3.98. The number of rotatable bonds is 4. The van der Waals surface area contributed by atoms with Gasteiger partial charge in [-0.15, -0.1) is 0 Å². The van der Waals surface area contributed by atoms with Crippen molar-refractivity contribution in [3.63, 3.8) is 0 Å². The fourth-order valence-electron chi connectivity index (χ4n) is 3.37. The average Bonchev–Trinajstić information content (AvgIpc) is 3.11. The maximum atomic E-state index is 13.4. The Hall–Kier alpha value is -2.56. The van der Waals surface area contributed by atoms with Crippen molar-refractivity contribution in [3.05, 3.63) is 105 Å². The number of hydrogen-bond donors (Lipinski definition) is 2. The molecule has 2 atom stereocenters. The number of halogens is 3. The van der Waals surface area contributed by atoms with Gasteiger partial charge in [0.15, 0.2) is 5.96 Å². The first-order valence-corrected chi connectivity index (χ1v) is 9.68. The number of nitrogens with zero attached hydrogens (tertiary/aromatic N) is 1. The summed E-state index contributed by atoms with van der Waals surface area (Å²) in [6.45, 7) is 0.359. The van der Waals surface area contributed by atoms with Crippen molar-refractivity contribution >= 4 is 29.2 Å². The third-order valence-corrected chi connectivity index (χ3v) is 5.40. The second-order valence-electron chi connectivity index (χ2n) is 6.58. The van der Waals surface area contributed by atoms with Crippen LogP contribution in [0.15, 0.2) is 77.8 Å². The van der Waals surface area contributed by atoms with Gasteiger partial charge in [-0.2, -0.15) is 0 Å². The van der Waals surface area contributed by atoms with Gasteiger partial charge < -0.3 is 10.6 Å². The van der Waals surface area contributed by atoms with Crippen LogP contribution in [-0.4, -0.2) is 5.96 Å². The van der Waals surface area contributed by atoms with Gasteiger partial charge in [0.1, 0.15) is 5.82 Å². The first-order chi connectivity index (χ1) is 13.6. The summed E-state index contributed by atoms with van der Waals surface area (Å²) in [6.07, 6.45) is 0. The van der Waals surface area contributed by atoms with E-state index in [1.807, 2.05) is 54.6 Å². The minimum Gasteiger partial charge on any atom is -0.347 e. The molecule has 6 heteroatoms. The van der Waals surface area contributed by atoms with Crippen LogP contribution >= 0.6 is 23.2 Å². The van der Waals surface area contributed by atoms with Crippen LogP contribution in [-0.2, 0) is 6.54 Å². The van der Waals surface area contributed by atoms with E-state index in [2.05, 4.69) is 15.6 Å². The maximum Gasteiger partial charge on any atom is 0.192 e. The lowest BCUT2D eigenvalue weighted by molar-refractivity contribution is 0.554. The highest BCUT2D eigenvalue weighted by Gasteiger charge is 2.34. The Labute approximate surface area is 173 Å². The minimum absolute atomic E-state index is 0.139. The van der Waals surface area contributed by atoms with Gasteiger partial charge in [0.25, 0.3) is 0 Å². The van der Waals surface area contributed by atoms with E-state index in [0.29, 0.717) is 22.5 Å². The van der Waals surface area contributed by atoms with Crippen LogP contribution in [0.5, 0.6) is 0 Å². The normalized spacial score (nSPS) is 18.5. The SMILES string of the molecule is Fc1cccc(CN=C2NC(c3ccccc3Cl)C(c3ccccc3Cl)N2)c1. The standard InChI is InChI=1S/C22H18Cl2FN3/c23-18-10-3-1-8-16(18)20-21(17-9-2-4-11-19(17)24)28-22(27-20)26-13-14-6-5-7-15(25)12-14/h1-12,20-21H,13H2,(H2,26,27,28). The average molecular weight is 414 g/mol. The molecule has 1 heterocycles. The molecule has 1 fully saturated rings. The summed E-state index contributed by atoms with van der Waals surface area (Å²) in [5.41, 5.74) is 2.71. The molecule has 2 unspecified atom stereocenters. The predicted octanol–water partition coefficient (Wildman–Crippen LogP) is 5.66. The number of benzene rings is 3. The van der Waals surface area contributed by atoms with Crippen LogP contribution in [0.1, 0.15) is 28.8 Å². The zero-order chi connectivity index (χ0) is 19.5. The van der Waals surface area contributed by atoms with Gasteiger partial charge >= 0.3 is 0 Å². The summed E-state index contributed by atoms with van der Waals surface area (Å²) in [5, 5.41) is 8.16. The van der Waals surface area contributed by atoms with Crippen LogP contribution < -0.4 is 10.6 Å². The molecular weight excluding hydrogens is 396 g/mol. The smallest absolute Gasteiger partial charge is 0.192 e. The number of hydrogen-bond acceptors (Lipinski definition) is 1. The Morgan fingerprint density at radius 3 is 1.89 bits per heavy atom. The summed E-state index contributed by atoms with van der Waals surface area (Å²) in [6, 6.07) is 21.6. The molecule has 3 aromatic rings.